The lowest BCUT2D eigenvalue weighted by Gasteiger charge is -2.09. The number of aromatic amines is 1. The van der Waals surface area contributed by atoms with E-state index in [-0.39, 0.29) is 0 Å². The number of fused-ring (bicyclic) bond motifs is 1. The number of nitrogens with zero attached hydrogens (tertiary/aromatic N) is 1. The van der Waals surface area contributed by atoms with Gasteiger partial charge < -0.3 is 15.4 Å². The van der Waals surface area contributed by atoms with Crippen molar-refractivity contribution in [2.45, 2.75) is 19.4 Å². The topological polar surface area (TPSA) is 78.0 Å². The van der Waals surface area contributed by atoms with Gasteiger partial charge in [0.1, 0.15) is 5.82 Å². The Morgan fingerprint density at radius 1 is 1.37 bits per heavy atom. The number of imidazole rings is 1. The summed E-state index contributed by atoms with van der Waals surface area (Å²) >= 11 is 0. The molecule has 0 atom stereocenters. The molecule has 1 aromatic heterocycles. The molecule has 0 bridgehead atoms. The predicted molar refractivity (Wildman–Crippen MR) is 70.2 cm³/mol. The van der Waals surface area contributed by atoms with Crippen LogP contribution in [0.25, 0.3) is 0 Å². The van der Waals surface area contributed by atoms with Crippen LogP contribution in [0.1, 0.15) is 33.1 Å². The summed E-state index contributed by atoms with van der Waals surface area (Å²) in [4.78, 5) is 19.0. The van der Waals surface area contributed by atoms with Crippen molar-refractivity contribution in [2.24, 2.45) is 0 Å². The first kappa shape index (κ1) is 11.9. The van der Waals surface area contributed by atoms with E-state index in [1.165, 1.54) is 0 Å². The molecule has 0 saturated carbocycles. The Hall–Kier alpha value is -2.14. The van der Waals surface area contributed by atoms with Crippen LogP contribution in [0.4, 0.5) is 0 Å². The van der Waals surface area contributed by atoms with Crippen LogP contribution in [-0.4, -0.2) is 27.6 Å². The van der Waals surface area contributed by atoms with Crippen molar-refractivity contribution in [1.82, 2.24) is 15.3 Å². The van der Waals surface area contributed by atoms with Crippen LogP contribution < -0.4 is 5.32 Å². The van der Waals surface area contributed by atoms with E-state index in [9.17, 15) is 4.79 Å². The second-order valence-corrected chi connectivity index (χ2v) is 4.67. The van der Waals surface area contributed by atoms with E-state index < -0.39 is 5.97 Å². The second kappa shape index (κ2) is 4.85. The third-order valence-electron chi connectivity index (χ3n) is 3.36. The van der Waals surface area contributed by atoms with Crippen LogP contribution in [0, 0.1) is 0 Å². The molecule has 0 unspecified atom stereocenters. The highest BCUT2D eigenvalue weighted by molar-refractivity contribution is 5.89. The summed E-state index contributed by atoms with van der Waals surface area (Å²) in [6.07, 6.45) is 1.45. The number of nitrogens with one attached hydrogen (secondary N) is 2. The van der Waals surface area contributed by atoms with Crippen molar-refractivity contribution in [1.29, 1.82) is 0 Å². The summed E-state index contributed by atoms with van der Waals surface area (Å²) in [7, 11) is 0. The van der Waals surface area contributed by atoms with Crippen molar-refractivity contribution in [2.75, 3.05) is 6.54 Å². The van der Waals surface area contributed by atoms with E-state index in [0.29, 0.717) is 12.0 Å². The van der Waals surface area contributed by atoms with Gasteiger partial charge in [-0.2, -0.15) is 0 Å². The van der Waals surface area contributed by atoms with Crippen LogP contribution in [-0.2, 0) is 19.4 Å². The molecule has 3 rings (SSSR count). The summed E-state index contributed by atoms with van der Waals surface area (Å²) in [5, 5.41) is 12.4. The van der Waals surface area contributed by atoms with Gasteiger partial charge in [-0.1, -0.05) is 18.2 Å². The molecular formula is C14H15N3O2. The molecule has 19 heavy (non-hydrogen) atoms. The van der Waals surface area contributed by atoms with Gasteiger partial charge in [-0.05, 0) is 11.6 Å². The van der Waals surface area contributed by atoms with Crippen molar-refractivity contribution in [3.05, 3.63) is 52.6 Å². The molecule has 98 valence electrons. The number of hydrogen-bond donors (Lipinski definition) is 3. The fraction of sp³-hybridized carbons (Fsp3) is 0.286. The minimum atomic E-state index is -0.895. The van der Waals surface area contributed by atoms with Crippen LogP contribution in [0.3, 0.4) is 0 Å². The molecule has 0 radical (unpaired) electrons. The molecule has 0 aliphatic carbocycles. The van der Waals surface area contributed by atoms with Gasteiger partial charge in [0.05, 0.1) is 17.0 Å². The van der Waals surface area contributed by atoms with Gasteiger partial charge in [0.15, 0.2) is 0 Å². The Labute approximate surface area is 110 Å². The third-order valence-corrected chi connectivity index (χ3v) is 3.36. The molecule has 0 fully saturated rings. The Balaban J connectivity index is 1.89. The van der Waals surface area contributed by atoms with Crippen molar-refractivity contribution < 1.29 is 9.90 Å². The molecule has 5 nitrogen and oxygen atoms in total. The molecule has 2 heterocycles. The number of aromatic carboxylic acids is 1. The molecule has 5 heteroatoms. The predicted octanol–water partition coefficient (Wildman–Crippen LogP) is 1.34. The van der Waals surface area contributed by atoms with Gasteiger partial charge in [0.25, 0.3) is 0 Å². The van der Waals surface area contributed by atoms with Gasteiger partial charge in [0, 0.05) is 25.9 Å². The summed E-state index contributed by atoms with van der Waals surface area (Å²) in [5.41, 5.74) is 3.35. The maximum absolute atomic E-state index is 11.2. The Kier molecular flexibility index (Phi) is 3.05. The zero-order valence-electron chi connectivity index (χ0n) is 10.4. The summed E-state index contributed by atoms with van der Waals surface area (Å²) in [6, 6.07) is 7.06. The lowest BCUT2D eigenvalue weighted by molar-refractivity contribution is 0.0696. The zero-order valence-corrected chi connectivity index (χ0v) is 10.4. The standard InChI is InChI=1S/C14H15N3O2/c18-14(19)10-4-2-1-3-9(10)7-13-16-11-5-6-15-8-12(11)17-13/h1-4,15H,5-8H2,(H,16,17)(H,18,19). The zero-order chi connectivity index (χ0) is 13.2. The van der Waals surface area contributed by atoms with Gasteiger partial charge in [-0.25, -0.2) is 9.78 Å². The molecule has 3 N–H and O–H groups in total. The lowest BCUT2D eigenvalue weighted by atomic mass is 10.0. The van der Waals surface area contributed by atoms with E-state index in [4.69, 9.17) is 5.11 Å². The van der Waals surface area contributed by atoms with Crippen molar-refractivity contribution in [3.63, 3.8) is 0 Å². The molecule has 0 saturated heterocycles. The number of carboxylic acids is 1. The third kappa shape index (κ3) is 2.37. The average Bonchev–Trinajstić information content (AvgIpc) is 2.81. The average molecular weight is 257 g/mol. The summed E-state index contributed by atoms with van der Waals surface area (Å²) in [6.45, 7) is 1.76. The quantitative estimate of drug-likeness (QED) is 0.775. The Morgan fingerprint density at radius 2 is 2.21 bits per heavy atom. The monoisotopic (exact) mass is 257 g/mol. The van der Waals surface area contributed by atoms with Crippen LogP contribution in [0.2, 0.25) is 0 Å². The lowest BCUT2D eigenvalue weighted by Crippen LogP contribution is -2.23. The number of aromatic nitrogens is 2. The molecule has 0 spiro atoms. The van der Waals surface area contributed by atoms with Crippen molar-refractivity contribution >= 4 is 5.97 Å². The van der Waals surface area contributed by atoms with E-state index in [1.54, 1.807) is 12.1 Å². The van der Waals surface area contributed by atoms with Gasteiger partial charge in [-0.15, -0.1) is 0 Å². The summed E-state index contributed by atoms with van der Waals surface area (Å²) < 4.78 is 0. The molecule has 2 aromatic rings. The number of H-pyrrole nitrogens is 1. The number of carbonyl (C=O) groups is 1. The van der Waals surface area contributed by atoms with E-state index >= 15 is 0 Å². The maximum atomic E-state index is 11.2. The minimum absolute atomic E-state index is 0.343. The number of benzene rings is 1. The fourth-order valence-electron chi connectivity index (χ4n) is 2.43. The largest absolute Gasteiger partial charge is 0.478 e. The molecule has 1 aromatic carbocycles. The van der Waals surface area contributed by atoms with Gasteiger partial charge in [0.2, 0.25) is 0 Å². The normalized spacial score (nSPS) is 14.1. The summed E-state index contributed by atoms with van der Waals surface area (Å²) in [5.74, 6) is -0.0593. The van der Waals surface area contributed by atoms with Crippen LogP contribution in [0.5, 0.6) is 0 Å². The highest BCUT2D eigenvalue weighted by Gasteiger charge is 2.16. The molecule has 1 aliphatic heterocycles. The van der Waals surface area contributed by atoms with Gasteiger partial charge in [-0.3, -0.25) is 0 Å². The number of hydrogen-bond acceptors (Lipinski definition) is 3. The first-order valence-corrected chi connectivity index (χ1v) is 6.32. The van der Waals surface area contributed by atoms with Gasteiger partial charge >= 0.3 is 5.97 Å². The first-order chi connectivity index (χ1) is 9.24. The van der Waals surface area contributed by atoms with E-state index in [1.807, 2.05) is 12.1 Å². The Morgan fingerprint density at radius 3 is 3.00 bits per heavy atom. The van der Waals surface area contributed by atoms with E-state index in [0.717, 1.165) is 42.3 Å². The van der Waals surface area contributed by atoms with Crippen molar-refractivity contribution in [3.8, 4) is 0 Å². The van der Waals surface area contributed by atoms with E-state index in [2.05, 4.69) is 15.3 Å². The number of carboxylic acid groups (broad SMARTS) is 1. The first-order valence-electron chi connectivity index (χ1n) is 6.32. The Bertz CT molecular complexity index is 595. The highest BCUT2D eigenvalue weighted by Crippen LogP contribution is 2.16. The molecule has 1 aliphatic rings. The SMILES string of the molecule is O=C(O)c1ccccc1Cc1nc2c([nH]1)CNCC2. The smallest absolute Gasteiger partial charge is 0.335 e. The number of rotatable bonds is 3. The fourth-order valence-corrected chi connectivity index (χ4v) is 2.43. The van der Waals surface area contributed by atoms with Crippen LogP contribution in [0.15, 0.2) is 24.3 Å². The molecule has 0 amide bonds. The minimum Gasteiger partial charge on any atom is -0.478 e. The second-order valence-electron chi connectivity index (χ2n) is 4.67. The maximum Gasteiger partial charge on any atom is 0.335 e. The highest BCUT2D eigenvalue weighted by atomic mass is 16.4. The van der Waals surface area contributed by atoms with Crippen LogP contribution >= 0.6 is 0 Å². The molecular weight excluding hydrogens is 242 g/mol.